The molecule has 2 saturated carbocycles. The van der Waals surface area contributed by atoms with Crippen molar-refractivity contribution in [1.82, 2.24) is 0 Å². The van der Waals surface area contributed by atoms with Crippen LogP contribution in [-0.2, 0) is 19.1 Å². The molecule has 0 aromatic carbocycles. The maximum atomic E-state index is 12.0. The number of esters is 2. The molecule has 1 heterocycles. The Balaban J connectivity index is 2.04. The van der Waals surface area contributed by atoms with Crippen molar-refractivity contribution in [2.75, 3.05) is 0 Å². The van der Waals surface area contributed by atoms with E-state index in [0.717, 1.165) is 12.0 Å². The van der Waals surface area contributed by atoms with Gasteiger partial charge in [-0.2, -0.15) is 0 Å². The zero-order valence-electron chi connectivity index (χ0n) is 13.0. The van der Waals surface area contributed by atoms with Crippen LogP contribution in [-0.4, -0.2) is 34.9 Å². The molecule has 0 spiro atoms. The summed E-state index contributed by atoms with van der Waals surface area (Å²) >= 11 is 0. The predicted molar refractivity (Wildman–Crippen MR) is 78.7 cm³/mol. The normalized spacial score (nSPS) is 44.1. The molecule has 5 heteroatoms. The maximum absolute atomic E-state index is 12.0. The van der Waals surface area contributed by atoms with Crippen molar-refractivity contribution < 1.29 is 24.2 Å². The second-order valence-corrected chi connectivity index (χ2v) is 6.96. The van der Waals surface area contributed by atoms with Gasteiger partial charge in [-0.25, -0.2) is 4.79 Å². The second kappa shape index (κ2) is 4.95. The van der Waals surface area contributed by atoms with Gasteiger partial charge in [-0.15, -0.1) is 0 Å². The van der Waals surface area contributed by atoms with Gasteiger partial charge in [0.15, 0.2) is 0 Å². The minimum absolute atomic E-state index is 0.0711. The average Bonchev–Trinajstić information content (AvgIpc) is 2.81. The van der Waals surface area contributed by atoms with Crippen molar-refractivity contribution in [2.24, 2.45) is 17.8 Å². The maximum Gasteiger partial charge on any atom is 0.334 e. The quantitative estimate of drug-likeness (QED) is 0.454. The first kappa shape index (κ1) is 15.3. The summed E-state index contributed by atoms with van der Waals surface area (Å²) in [7, 11) is 0. The van der Waals surface area contributed by atoms with E-state index in [1.807, 2.05) is 0 Å². The summed E-state index contributed by atoms with van der Waals surface area (Å²) in [5.74, 6) is -1.42. The topological polar surface area (TPSA) is 72.8 Å². The van der Waals surface area contributed by atoms with E-state index in [2.05, 4.69) is 13.2 Å². The predicted octanol–water partition coefficient (Wildman–Crippen LogP) is 1.75. The lowest BCUT2D eigenvalue weighted by molar-refractivity contribution is -0.153. The summed E-state index contributed by atoms with van der Waals surface area (Å²) in [6, 6.07) is 0. The molecule has 1 aliphatic heterocycles. The molecule has 3 fully saturated rings. The number of carbonyl (C=O) groups excluding carboxylic acids is 2. The van der Waals surface area contributed by atoms with E-state index in [1.165, 1.54) is 6.92 Å². The first-order chi connectivity index (χ1) is 10.2. The Labute approximate surface area is 130 Å². The molecule has 0 bridgehead atoms. The van der Waals surface area contributed by atoms with Gasteiger partial charge >= 0.3 is 11.9 Å². The smallest absolute Gasteiger partial charge is 0.334 e. The first-order valence-electron chi connectivity index (χ1n) is 7.69. The molecule has 0 unspecified atom stereocenters. The number of hydrogen-bond donors (Lipinski definition) is 1. The van der Waals surface area contributed by atoms with Gasteiger partial charge in [0.2, 0.25) is 0 Å². The van der Waals surface area contributed by atoms with Crippen LogP contribution >= 0.6 is 0 Å². The van der Waals surface area contributed by atoms with Crippen LogP contribution in [0.5, 0.6) is 0 Å². The third-order valence-corrected chi connectivity index (χ3v) is 5.43. The highest BCUT2D eigenvalue weighted by atomic mass is 16.6. The highest BCUT2D eigenvalue weighted by Crippen LogP contribution is 2.54. The lowest BCUT2D eigenvalue weighted by Gasteiger charge is -2.34. The van der Waals surface area contributed by atoms with Crippen LogP contribution in [0, 0.1) is 17.8 Å². The van der Waals surface area contributed by atoms with Crippen molar-refractivity contribution in [3.05, 3.63) is 24.3 Å². The van der Waals surface area contributed by atoms with Crippen molar-refractivity contribution in [1.29, 1.82) is 0 Å². The van der Waals surface area contributed by atoms with Crippen LogP contribution < -0.4 is 0 Å². The lowest BCUT2D eigenvalue weighted by atomic mass is 9.77. The lowest BCUT2D eigenvalue weighted by Crippen LogP contribution is -2.44. The molecule has 0 aromatic heterocycles. The van der Waals surface area contributed by atoms with E-state index in [1.54, 1.807) is 6.92 Å². The standard InChI is InChI=1S/C17H22O5/c1-8-7-12(21-10(3)18)13-9(2)16(19)22-15(13)14-11(8)5-6-17(14,4)20/h11-15,20H,1-2,5-7H2,3-4H3/t11-,12-,13+,14-,15-,17-/m0/s1. The van der Waals surface area contributed by atoms with Crippen LogP contribution in [0.4, 0.5) is 0 Å². The Bertz CT molecular complexity index is 561. The molecule has 0 amide bonds. The molecule has 1 N–H and O–H groups in total. The molecule has 3 rings (SSSR count). The Morgan fingerprint density at radius 1 is 1.45 bits per heavy atom. The third-order valence-electron chi connectivity index (χ3n) is 5.43. The molecule has 5 nitrogen and oxygen atoms in total. The third kappa shape index (κ3) is 2.19. The number of fused-ring (bicyclic) bond motifs is 3. The van der Waals surface area contributed by atoms with Gasteiger partial charge in [0, 0.05) is 24.8 Å². The molecule has 6 atom stereocenters. The highest BCUT2D eigenvalue weighted by Gasteiger charge is 2.59. The van der Waals surface area contributed by atoms with Crippen LogP contribution in [0.1, 0.15) is 33.1 Å². The number of aliphatic hydroxyl groups is 1. The Kier molecular flexibility index (Phi) is 3.44. The highest BCUT2D eigenvalue weighted by molar-refractivity contribution is 5.91. The Hall–Kier alpha value is -1.62. The monoisotopic (exact) mass is 306 g/mol. The minimum Gasteiger partial charge on any atom is -0.461 e. The van der Waals surface area contributed by atoms with Crippen LogP contribution in [0.15, 0.2) is 24.3 Å². The molecule has 0 radical (unpaired) electrons. The number of carbonyl (C=O) groups is 2. The van der Waals surface area contributed by atoms with E-state index >= 15 is 0 Å². The molecule has 3 aliphatic rings. The van der Waals surface area contributed by atoms with Gasteiger partial charge in [0.25, 0.3) is 0 Å². The molecular formula is C17H22O5. The van der Waals surface area contributed by atoms with Gasteiger partial charge in [-0.3, -0.25) is 4.79 Å². The molecule has 0 aromatic rings. The summed E-state index contributed by atoms with van der Waals surface area (Å²) in [5, 5.41) is 10.8. The molecule has 2 aliphatic carbocycles. The number of hydrogen-bond acceptors (Lipinski definition) is 5. The molecule has 1 saturated heterocycles. The zero-order chi connectivity index (χ0) is 16.2. The SMILES string of the molecule is C=C1C(=O)O[C@H]2[C@H]1[C@@H](OC(C)=O)CC(=C)[C@@H]1CC[C@](C)(O)[C@H]21. The summed E-state index contributed by atoms with van der Waals surface area (Å²) in [4.78, 5) is 23.4. The zero-order valence-corrected chi connectivity index (χ0v) is 13.0. The fraction of sp³-hybridized carbons (Fsp3) is 0.647. The summed E-state index contributed by atoms with van der Waals surface area (Å²) in [6.07, 6.45) is 0.915. The van der Waals surface area contributed by atoms with Gasteiger partial charge in [0.05, 0.1) is 11.5 Å². The fourth-order valence-corrected chi connectivity index (χ4v) is 4.47. The van der Waals surface area contributed by atoms with E-state index in [4.69, 9.17) is 9.47 Å². The number of ether oxygens (including phenoxy) is 2. The summed E-state index contributed by atoms with van der Waals surface area (Å²) < 4.78 is 11.0. The van der Waals surface area contributed by atoms with E-state index < -0.39 is 35.7 Å². The molecule has 22 heavy (non-hydrogen) atoms. The Morgan fingerprint density at radius 3 is 2.77 bits per heavy atom. The van der Waals surface area contributed by atoms with Crippen LogP contribution in [0.3, 0.4) is 0 Å². The van der Waals surface area contributed by atoms with Gasteiger partial charge in [-0.1, -0.05) is 18.7 Å². The Morgan fingerprint density at radius 2 is 2.14 bits per heavy atom. The fourth-order valence-electron chi connectivity index (χ4n) is 4.47. The minimum atomic E-state index is -0.924. The van der Waals surface area contributed by atoms with Crippen LogP contribution in [0.25, 0.3) is 0 Å². The average molecular weight is 306 g/mol. The number of rotatable bonds is 1. The first-order valence-corrected chi connectivity index (χ1v) is 7.69. The van der Waals surface area contributed by atoms with E-state index in [-0.39, 0.29) is 11.8 Å². The summed E-state index contributed by atoms with van der Waals surface area (Å²) in [5.41, 5.74) is 0.353. The van der Waals surface area contributed by atoms with Crippen LogP contribution in [0.2, 0.25) is 0 Å². The van der Waals surface area contributed by atoms with Gasteiger partial charge < -0.3 is 14.6 Å². The van der Waals surface area contributed by atoms with E-state index in [9.17, 15) is 14.7 Å². The van der Waals surface area contributed by atoms with Crippen molar-refractivity contribution in [2.45, 2.75) is 50.9 Å². The molecule has 120 valence electrons. The van der Waals surface area contributed by atoms with Gasteiger partial charge in [0.1, 0.15) is 12.2 Å². The van der Waals surface area contributed by atoms with Gasteiger partial charge in [-0.05, 0) is 25.7 Å². The second-order valence-electron chi connectivity index (χ2n) is 6.96. The summed E-state index contributed by atoms with van der Waals surface area (Å²) in [6.45, 7) is 11.1. The molecular weight excluding hydrogens is 284 g/mol. The van der Waals surface area contributed by atoms with Crippen molar-refractivity contribution >= 4 is 11.9 Å². The van der Waals surface area contributed by atoms with Crippen molar-refractivity contribution in [3.63, 3.8) is 0 Å². The van der Waals surface area contributed by atoms with Crippen molar-refractivity contribution in [3.8, 4) is 0 Å². The van der Waals surface area contributed by atoms with E-state index in [0.29, 0.717) is 18.4 Å². The largest absolute Gasteiger partial charge is 0.461 e.